The normalized spacial score (nSPS) is 15.6. The van der Waals surface area contributed by atoms with Gasteiger partial charge in [0.2, 0.25) is 11.6 Å². The molecule has 2 aromatic heterocycles. The Labute approximate surface area is 147 Å². The number of carbonyl (C=O) groups is 1. The van der Waals surface area contributed by atoms with E-state index >= 15 is 0 Å². The summed E-state index contributed by atoms with van der Waals surface area (Å²) < 4.78 is 3.13. The van der Waals surface area contributed by atoms with E-state index in [0.29, 0.717) is 18.8 Å². The van der Waals surface area contributed by atoms with Crippen LogP contribution in [0, 0.1) is 5.92 Å². The van der Waals surface area contributed by atoms with Gasteiger partial charge in [-0.25, -0.2) is 0 Å². The van der Waals surface area contributed by atoms with E-state index in [9.17, 15) is 9.59 Å². The Balaban J connectivity index is 1.54. The van der Waals surface area contributed by atoms with Gasteiger partial charge in [0.25, 0.3) is 5.56 Å². The topological polar surface area (TPSA) is 72.5 Å². The third-order valence-electron chi connectivity index (χ3n) is 5.25. The van der Waals surface area contributed by atoms with Crippen molar-refractivity contribution in [3.8, 4) is 0 Å². The molecule has 0 N–H and O–H groups in total. The highest BCUT2D eigenvalue weighted by atomic mass is 16.2. The number of fused-ring (bicyclic) bond motifs is 1. The Hall–Kier alpha value is -2.18. The molecule has 7 heteroatoms. The molecule has 136 valence electrons. The molecular weight excluding hydrogens is 318 g/mol. The Morgan fingerprint density at radius 3 is 2.76 bits per heavy atom. The zero-order chi connectivity index (χ0) is 17.8. The number of carbonyl (C=O) groups excluding carboxylic acids is 1. The van der Waals surface area contributed by atoms with Gasteiger partial charge in [-0.05, 0) is 18.8 Å². The summed E-state index contributed by atoms with van der Waals surface area (Å²) in [4.78, 5) is 26.1. The van der Waals surface area contributed by atoms with E-state index in [1.807, 2.05) is 0 Å². The summed E-state index contributed by atoms with van der Waals surface area (Å²) in [5.41, 5.74) is 0.0980. The molecule has 2 heterocycles. The molecule has 0 saturated heterocycles. The van der Waals surface area contributed by atoms with Crippen molar-refractivity contribution in [2.24, 2.45) is 13.0 Å². The van der Waals surface area contributed by atoms with Crippen LogP contribution < -0.4 is 5.56 Å². The minimum Gasteiger partial charge on any atom is -0.338 e. The van der Waals surface area contributed by atoms with Crippen molar-refractivity contribution in [1.29, 1.82) is 0 Å². The Morgan fingerprint density at radius 2 is 2.00 bits per heavy atom. The van der Waals surface area contributed by atoms with E-state index in [0.717, 1.165) is 18.8 Å². The number of aryl methyl sites for hydroxylation is 1. The molecule has 0 radical (unpaired) electrons. The quantitative estimate of drug-likeness (QED) is 0.804. The second-order valence-electron chi connectivity index (χ2n) is 7.17. The van der Waals surface area contributed by atoms with Crippen molar-refractivity contribution in [2.45, 2.75) is 57.9 Å². The molecule has 25 heavy (non-hydrogen) atoms. The highest BCUT2D eigenvalue weighted by Gasteiger charge is 2.17. The average Bonchev–Trinajstić information content (AvgIpc) is 3.02. The largest absolute Gasteiger partial charge is 0.338 e. The SMILES string of the molecule is CN(Cc1nnc2c(=O)n(C)ccn12)C(=O)CCCC1CCCCC1. The van der Waals surface area contributed by atoms with E-state index in [4.69, 9.17) is 0 Å². The van der Waals surface area contributed by atoms with Crippen LogP contribution in [0.4, 0.5) is 0 Å². The smallest absolute Gasteiger partial charge is 0.295 e. The summed E-state index contributed by atoms with van der Waals surface area (Å²) in [6.45, 7) is 0.358. The monoisotopic (exact) mass is 345 g/mol. The van der Waals surface area contributed by atoms with Crippen LogP contribution in [0.1, 0.15) is 57.2 Å². The van der Waals surface area contributed by atoms with E-state index in [2.05, 4.69) is 10.2 Å². The fourth-order valence-corrected chi connectivity index (χ4v) is 3.63. The van der Waals surface area contributed by atoms with Gasteiger partial charge in [-0.2, -0.15) is 0 Å². The molecule has 0 bridgehead atoms. The van der Waals surface area contributed by atoms with Gasteiger partial charge in [0.05, 0.1) is 6.54 Å². The van der Waals surface area contributed by atoms with Crippen LogP contribution >= 0.6 is 0 Å². The third-order valence-corrected chi connectivity index (χ3v) is 5.25. The predicted molar refractivity (Wildman–Crippen MR) is 95.1 cm³/mol. The number of hydrogen-bond acceptors (Lipinski definition) is 4. The van der Waals surface area contributed by atoms with Gasteiger partial charge in [-0.3, -0.25) is 14.0 Å². The second kappa shape index (κ2) is 7.80. The lowest BCUT2D eigenvalue weighted by atomic mass is 9.86. The Morgan fingerprint density at radius 1 is 1.24 bits per heavy atom. The van der Waals surface area contributed by atoms with Crippen molar-refractivity contribution < 1.29 is 4.79 Å². The highest BCUT2D eigenvalue weighted by molar-refractivity contribution is 5.75. The van der Waals surface area contributed by atoms with E-state index in [1.54, 1.807) is 35.8 Å². The molecule has 0 spiro atoms. The summed E-state index contributed by atoms with van der Waals surface area (Å²) in [5, 5.41) is 8.04. The summed E-state index contributed by atoms with van der Waals surface area (Å²) in [7, 11) is 3.46. The number of rotatable bonds is 6. The van der Waals surface area contributed by atoms with Crippen LogP contribution in [-0.2, 0) is 18.4 Å². The molecule has 0 aromatic carbocycles. The molecule has 0 atom stereocenters. The first-order chi connectivity index (χ1) is 12.1. The molecule has 3 rings (SSSR count). The van der Waals surface area contributed by atoms with E-state index in [-0.39, 0.29) is 17.1 Å². The molecular formula is C18H27N5O2. The predicted octanol–water partition coefficient (Wildman–Crippen LogP) is 2.14. The van der Waals surface area contributed by atoms with Crippen LogP contribution in [0.15, 0.2) is 17.2 Å². The van der Waals surface area contributed by atoms with Crippen molar-refractivity contribution in [3.05, 3.63) is 28.6 Å². The third kappa shape index (κ3) is 4.08. The van der Waals surface area contributed by atoms with Gasteiger partial charge < -0.3 is 9.47 Å². The van der Waals surface area contributed by atoms with Crippen LogP contribution in [0.2, 0.25) is 0 Å². The maximum Gasteiger partial charge on any atom is 0.295 e. The summed E-state index contributed by atoms with van der Waals surface area (Å²) in [6, 6.07) is 0. The van der Waals surface area contributed by atoms with Crippen molar-refractivity contribution in [3.63, 3.8) is 0 Å². The molecule has 1 aliphatic carbocycles. The standard InChI is InChI=1S/C18H27N5O2/c1-21-11-12-23-15(19-20-17(23)18(21)25)13-22(2)16(24)10-6-9-14-7-4-3-5-8-14/h11-12,14H,3-10,13H2,1-2H3. The lowest BCUT2D eigenvalue weighted by molar-refractivity contribution is -0.130. The fraction of sp³-hybridized carbons (Fsp3) is 0.667. The number of nitrogens with zero attached hydrogens (tertiary/aromatic N) is 5. The van der Waals surface area contributed by atoms with E-state index in [1.165, 1.54) is 36.7 Å². The van der Waals surface area contributed by atoms with Crippen LogP contribution in [0.5, 0.6) is 0 Å². The summed E-state index contributed by atoms with van der Waals surface area (Å²) >= 11 is 0. The van der Waals surface area contributed by atoms with Gasteiger partial charge in [0.15, 0.2) is 5.82 Å². The zero-order valence-corrected chi connectivity index (χ0v) is 15.1. The second-order valence-corrected chi connectivity index (χ2v) is 7.17. The molecule has 1 amide bonds. The van der Waals surface area contributed by atoms with Gasteiger partial charge in [-0.1, -0.05) is 32.1 Å². The average molecular weight is 345 g/mol. The highest BCUT2D eigenvalue weighted by Crippen LogP contribution is 2.27. The molecule has 1 saturated carbocycles. The Kier molecular flexibility index (Phi) is 5.50. The van der Waals surface area contributed by atoms with Crippen LogP contribution in [-0.4, -0.2) is 37.0 Å². The first-order valence-corrected chi connectivity index (χ1v) is 9.19. The Bertz CT molecular complexity index is 788. The van der Waals surface area contributed by atoms with Gasteiger partial charge in [0, 0.05) is 32.9 Å². The van der Waals surface area contributed by atoms with E-state index < -0.39 is 0 Å². The van der Waals surface area contributed by atoms with Crippen molar-refractivity contribution in [1.82, 2.24) is 24.1 Å². The molecule has 1 aliphatic rings. The number of hydrogen-bond donors (Lipinski definition) is 0. The zero-order valence-electron chi connectivity index (χ0n) is 15.1. The number of amides is 1. The summed E-state index contributed by atoms with van der Waals surface area (Å²) in [5.74, 6) is 1.54. The minimum absolute atomic E-state index is 0.122. The lowest BCUT2D eigenvalue weighted by Gasteiger charge is -2.22. The lowest BCUT2D eigenvalue weighted by Crippen LogP contribution is -2.27. The van der Waals surface area contributed by atoms with Crippen LogP contribution in [0.3, 0.4) is 0 Å². The van der Waals surface area contributed by atoms with Crippen LogP contribution in [0.25, 0.3) is 5.65 Å². The van der Waals surface area contributed by atoms with Crippen molar-refractivity contribution >= 4 is 11.6 Å². The van der Waals surface area contributed by atoms with Crippen molar-refractivity contribution in [2.75, 3.05) is 7.05 Å². The molecule has 0 unspecified atom stereocenters. The fourth-order valence-electron chi connectivity index (χ4n) is 3.63. The molecule has 1 fully saturated rings. The molecule has 7 nitrogen and oxygen atoms in total. The molecule has 2 aromatic rings. The van der Waals surface area contributed by atoms with Gasteiger partial charge in [0.1, 0.15) is 0 Å². The minimum atomic E-state index is -0.192. The summed E-state index contributed by atoms with van der Waals surface area (Å²) in [6.07, 6.45) is 12.8. The maximum absolute atomic E-state index is 12.4. The van der Waals surface area contributed by atoms with Gasteiger partial charge in [-0.15, -0.1) is 10.2 Å². The maximum atomic E-state index is 12.4. The number of aromatic nitrogens is 4. The molecule has 0 aliphatic heterocycles. The first-order valence-electron chi connectivity index (χ1n) is 9.19. The van der Waals surface area contributed by atoms with Gasteiger partial charge >= 0.3 is 0 Å². The first kappa shape index (κ1) is 17.6.